The third-order valence-electron chi connectivity index (χ3n) is 0. The van der Waals surface area contributed by atoms with Gasteiger partial charge in [-0.1, -0.05) is 0 Å². The molecule has 0 heterocycles. The Morgan fingerprint density at radius 3 is 0.500 bits per heavy atom. The molecule has 0 aromatic heterocycles. The zero-order valence-electron chi connectivity index (χ0n) is 1.30. The van der Waals surface area contributed by atoms with Crippen molar-refractivity contribution in [3.63, 3.8) is 0 Å². The van der Waals surface area contributed by atoms with Crippen molar-refractivity contribution in [2.45, 2.75) is 0 Å². The van der Waals surface area contributed by atoms with Gasteiger partial charge in [0.05, 0.1) is 0 Å². The molecule has 0 amide bonds. The number of rotatable bonds is 0. The SMILES string of the molecule is [Fe].[Pd].[Pd].[Pd]. The second-order valence-corrected chi connectivity index (χ2v) is 0. The molecule has 38 valence electrons. The molecule has 4 heteroatoms. The summed E-state index contributed by atoms with van der Waals surface area (Å²) in [4.78, 5) is 0. The second-order valence-electron chi connectivity index (χ2n) is 0. The predicted molar refractivity (Wildman–Crippen MR) is 0 cm³/mol. The van der Waals surface area contributed by atoms with Gasteiger partial charge in [0.15, 0.2) is 0 Å². The standard InChI is InChI=1S/Fe.3Pd. The van der Waals surface area contributed by atoms with Gasteiger partial charge in [-0.25, -0.2) is 0 Å². The van der Waals surface area contributed by atoms with Crippen LogP contribution in [0.15, 0.2) is 0 Å². The van der Waals surface area contributed by atoms with Gasteiger partial charge < -0.3 is 0 Å². The molecule has 4 heavy (non-hydrogen) atoms. The van der Waals surface area contributed by atoms with Gasteiger partial charge in [-0.05, 0) is 0 Å². The Labute approximate surface area is 77.3 Å². The Kier molecular flexibility index (Phi) is 140. The summed E-state index contributed by atoms with van der Waals surface area (Å²) >= 11 is 0. The van der Waals surface area contributed by atoms with Crippen LogP contribution < -0.4 is 0 Å². The average Bonchev–Trinajstić information content (AvgIpc) is 0. The zero-order valence-corrected chi connectivity index (χ0v) is 7.07. The maximum Gasteiger partial charge on any atom is 0 e. The molecule has 0 aromatic rings. The molecule has 0 fully saturated rings. The molecule has 0 aliphatic carbocycles. The average molecular weight is 375 g/mol. The van der Waals surface area contributed by atoms with E-state index >= 15 is 0 Å². The molecule has 0 atom stereocenters. The van der Waals surface area contributed by atoms with Crippen molar-refractivity contribution in [3.8, 4) is 0 Å². The summed E-state index contributed by atoms with van der Waals surface area (Å²) in [5.41, 5.74) is 0. The second kappa shape index (κ2) is 17.8. The summed E-state index contributed by atoms with van der Waals surface area (Å²) in [6.45, 7) is 0. The number of hydrogen-bond acceptors (Lipinski definition) is 0. The van der Waals surface area contributed by atoms with Gasteiger partial charge in [0.2, 0.25) is 0 Å². The maximum absolute atomic E-state index is 0. The van der Waals surface area contributed by atoms with E-state index < -0.39 is 0 Å². The van der Waals surface area contributed by atoms with Crippen molar-refractivity contribution in [3.05, 3.63) is 0 Å². The molecule has 0 spiro atoms. The summed E-state index contributed by atoms with van der Waals surface area (Å²) in [5, 5.41) is 0. The van der Waals surface area contributed by atoms with Crippen LogP contribution in [0, 0.1) is 0 Å². The summed E-state index contributed by atoms with van der Waals surface area (Å²) in [6, 6.07) is 0. The predicted octanol–water partition coefficient (Wildman–Crippen LogP) is -0.0100. The minimum Gasteiger partial charge on any atom is 0 e. The molecule has 0 nitrogen and oxygen atoms in total. The normalized spacial score (nSPS) is 0. The fourth-order valence-corrected chi connectivity index (χ4v) is 0. The summed E-state index contributed by atoms with van der Waals surface area (Å²) < 4.78 is 0. The molecule has 0 saturated carbocycles. The van der Waals surface area contributed by atoms with Crippen LogP contribution in [0.2, 0.25) is 0 Å². The molecular weight excluding hydrogens is 375 g/mol. The van der Waals surface area contributed by atoms with Crippen molar-refractivity contribution in [2.75, 3.05) is 0 Å². The van der Waals surface area contributed by atoms with E-state index in [0.717, 1.165) is 0 Å². The van der Waals surface area contributed by atoms with Crippen LogP contribution >= 0.6 is 0 Å². The molecular formula is FePd3. The Hall–Kier alpha value is 2.51. The third-order valence-corrected chi connectivity index (χ3v) is 0. The molecule has 0 rings (SSSR count). The summed E-state index contributed by atoms with van der Waals surface area (Å²) in [5.74, 6) is 0. The molecule has 0 unspecified atom stereocenters. The topological polar surface area (TPSA) is 0 Å². The van der Waals surface area contributed by atoms with E-state index in [4.69, 9.17) is 0 Å². The van der Waals surface area contributed by atoms with Gasteiger partial charge in [0, 0.05) is 78.3 Å². The van der Waals surface area contributed by atoms with Crippen LogP contribution in [-0.2, 0) is 78.3 Å². The van der Waals surface area contributed by atoms with Crippen LogP contribution in [0.1, 0.15) is 0 Å². The molecule has 0 radical (unpaired) electrons. The quantitative estimate of drug-likeness (QED) is 0.523. The minimum atomic E-state index is 0. The molecule has 0 aliphatic rings. The minimum absolute atomic E-state index is 0. The first kappa shape index (κ1) is 31.4. The largest absolute Gasteiger partial charge is 0 e. The first-order chi connectivity index (χ1) is 0. The van der Waals surface area contributed by atoms with E-state index in [9.17, 15) is 0 Å². The van der Waals surface area contributed by atoms with Gasteiger partial charge in [0.1, 0.15) is 0 Å². The Bertz CT molecular complexity index is 3.25. The van der Waals surface area contributed by atoms with Crippen molar-refractivity contribution in [1.29, 1.82) is 0 Å². The monoisotopic (exact) mass is 374 g/mol. The van der Waals surface area contributed by atoms with E-state index in [1.54, 1.807) is 0 Å². The third kappa shape index (κ3) is 8.82. The van der Waals surface area contributed by atoms with Crippen LogP contribution in [0.3, 0.4) is 0 Å². The van der Waals surface area contributed by atoms with E-state index in [-0.39, 0.29) is 78.3 Å². The van der Waals surface area contributed by atoms with E-state index in [0.29, 0.717) is 0 Å². The van der Waals surface area contributed by atoms with Crippen LogP contribution in [0.25, 0.3) is 0 Å². The molecule has 0 N–H and O–H groups in total. The Morgan fingerprint density at radius 2 is 0.500 bits per heavy atom. The van der Waals surface area contributed by atoms with Crippen LogP contribution in [0.4, 0.5) is 0 Å². The van der Waals surface area contributed by atoms with Gasteiger partial charge in [-0.2, -0.15) is 0 Å². The maximum atomic E-state index is 0. The summed E-state index contributed by atoms with van der Waals surface area (Å²) in [7, 11) is 0. The Morgan fingerprint density at radius 1 is 0.500 bits per heavy atom. The molecule has 0 bridgehead atoms. The summed E-state index contributed by atoms with van der Waals surface area (Å²) in [6.07, 6.45) is 0. The van der Waals surface area contributed by atoms with E-state index in [2.05, 4.69) is 0 Å². The first-order valence-corrected chi connectivity index (χ1v) is 0. The van der Waals surface area contributed by atoms with Gasteiger partial charge in [-0.3, -0.25) is 0 Å². The van der Waals surface area contributed by atoms with Gasteiger partial charge >= 0.3 is 0 Å². The van der Waals surface area contributed by atoms with Crippen molar-refractivity contribution in [1.82, 2.24) is 0 Å². The Balaban J connectivity index is 0. The molecule has 0 aromatic carbocycles. The van der Waals surface area contributed by atoms with Crippen molar-refractivity contribution < 1.29 is 78.3 Å². The zero-order chi connectivity index (χ0) is 0. The first-order valence-electron chi connectivity index (χ1n) is 0. The van der Waals surface area contributed by atoms with Gasteiger partial charge in [-0.15, -0.1) is 0 Å². The smallest absolute Gasteiger partial charge is 0 e. The van der Waals surface area contributed by atoms with E-state index in [1.807, 2.05) is 0 Å². The number of hydrogen-bond donors (Lipinski definition) is 0. The van der Waals surface area contributed by atoms with Crippen molar-refractivity contribution in [2.24, 2.45) is 0 Å². The fourth-order valence-electron chi connectivity index (χ4n) is 0. The van der Waals surface area contributed by atoms with E-state index in [1.165, 1.54) is 0 Å². The van der Waals surface area contributed by atoms with Crippen LogP contribution in [-0.4, -0.2) is 0 Å². The fraction of sp³-hybridized carbons (Fsp3) is 0. The molecule has 0 saturated heterocycles. The van der Waals surface area contributed by atoms with Crippen molar-refractivity contribution >= 4 is 0 Å². The van der Waals surface area contributed by atoms with Gasteiger partial charge in [0.25, 0.3) is 0 Å². The van der Waals surface area contributed by atoms with Crippen LogP contribution in [0.5, 0.6) is 0 Å². The molecule has 0 aliphatic heterocycles.